The number of carbonyl (C=O) groups excluding carboxylic acids is 1. The van der Waals surface area contributed by atoms with Crippen LogP contribution in [0.15, 0.2) is 28.7 Å². The van der Waals surface area contributed by atoms with Crippen LogP contribution in [-0.4, -0.2) is 30.3 Å². The zero-order valence-electron chi connectivity index (χ0n) is 12.1. The molecule has 0 heterocycles. The molecule has 0 radical (unpaired) electrons. The fraction of sp³-hybridized carbons (Fsp3) is 0.500. The molecule has 0 aromatic heterocycles. The fourth-order valence-electron chi connectivity index (χ4n) is 1.87. The van der Waals surface area contributed by atoms with E-state index in [1.165, 1.54) is 0 Å². The van der Waals surface area contributed by atoms with Crippen LogP contribution in [0.5, 0.6) is 0 Å². The van der Waals surface area contributed by atoms with Crippen LogP contribution in [0.3, 0.4) is 0 Å². The average molecular weight is 379 g/mol. The van der Waals surface area contributed by atoms with Crippen molar-refractivity contribution in [2.24, 2.45) is 0 Å². The van der Waals surface area contributed by atoms with Crippen molar-refractivity contribution in [1.82, 2.24) is 0 Å². The number of hydrogen-bond acceptors (Lipinski definition) is 5. The summed E-state index contributed by atoms with van der Waals surface area (Å²) in [7, 11) is -3.41. The zero-order valence-corrected chi connectivity index (χ0v) is 14.6. The van der Waals surface area contributed by atoms with Gasteiger partial charge in [-0.15, -0.1) is 0 Å². The largest absolute Gasteiger partial charge is 0.388 e. The molecule has 0 saturated heterocycles. The summed E-state index contributed by atoms with van der Waals surface area (Å²) in [6.07, 6.45) is -1.41. The van der Waals surface area contributed by atoms with Gasteiger partial charge in [0.1, 0.15) is 11.9 Å². The number of aliphatic hydroxyl groups is 1. The number of aliphatic hydroxyl groups excluding tert-OH is 1. The Morgan fingerprint density at radius 3 is 2.38 bits per heavy atom. The standard InChI is InChI=1S/C14H20BrO5P/c1-3-19-21(18,20-4-2)10-11(16)9-14(17)12-7-5-6-8-13(12)15/h5-8,14,17H,3-4,9-10H2,1-2H3. The Morgan fingerprint density at radius 1 is 1.29 bits per heavy atom. The van der Waals surface area contributed by atoms with E-state index in [0.29, 0.717) is 5.56 Å². The molecule has 0 fully saturated rings. The third kappa shape index (κ3) is 6.01. The summed E-state index contributed by atoms with van der Waals surface area (Å²) in [5.74, 6) is -0.358. The van der Waals surface area contributed by atoms with E-state index in [1.807, 2.05) is 6.07 Å². The molecule has 0 amide bonds. The minimum absolute atomic E-state index is 0.132. The molecule has 0 aliphatic carbocycles. The lowest BCUT2D eigenvalue weighted by Crippen LogP contribution is -2.13. The summed E-state index contributed by atoms with van der Waals surface area (Å²) in [4.78, 5) is 12.0. The number of hydrogen-bond donors (Lipinski definition) is 1. The van der Waals surface area contributed by atoms with Crippen molar-refractivity contribution < 1.29 is 23.5 Å². The maximum absolute atomic E-state index is 12.3. The van der Waals surface area contributed by atoms with E-state index in [0.717, 1.165) is 4.47 Å². The van der Waals surface area contributed by atoms with Crippen molar-refractivity contribution in [3.8, 4) is 0 Å². The molecule has 1 rings (SSSR count). The van der Waals surface area contributed by atoms with Crippen LogP contribution in [0.2, 0.25) is 0 Å². The molecule has 21 heavy (non-hydrogen) atoms. The van der Waals surface area contributed by atoms with Crippen LogP contribution >= 0.6 is 23.5 Å². The van der Waals surface area contributed by atoms with E-state index in [9.17, 15) is 14.5 Å². The van der Waals surface area contributed by atoms with Gasteiger partial charge in [-0.25, -0.2) is 0 Å². The third-order valence-electron chi connectivity index (χ3n) is 2.71. The van der Waals surface area contributed by atoms with Gasteiger partial charge in [-0.2, -0.15) is 0 Å². The number of carbonyl (C=O) groups is 1. The van der Waals surface area contributed by atoms with Gasteiger partial charge in [0, 0.05) is 10.9 Å². The molecule has 7 heteroatoms. The highest BCUT2D eigenvalue weighted by Gasteiger charge is 2.28. The number of Topliss-reactive ketones (excluding diaryl/α,β-unsaturated/α-hetero) is 1. The Labute approximate surface area is 133 Å². The van der Waals surface area contributed by atoms with Crippen LogP contribution < -0.4 is 0 Å². The summed E-state index contributed by atoms with van der Waals surface area (Å²) < 4.78 is 23.1. The number of halogens is 1. The SMILES string of the molecule is CCOP(=O)(CC(=O)CC(O)c1ccccc1Br)OCC. The molecule has 1 aromatic rings. The fourth-order valence-corrected chi connectivity index (χ4v) is 4.03. The summed E-state index contributed by atoms with van der Waals surface area (Å²) in [5.41, 5.74) is 0.619. The predicted molar refractivity (Wildman–Crippen MR) is 84.5 cm³/mol. The van der Waals surface area contributed by atoms with E-state index in [2.05, 4.69) is 15.9 Å². The first-order valence-corrected chi connectivity index (χ1v) is 9.26. The minimum Gasteiger partial charge on any atom is -0.388 e. The van der Waals surface area contributed by atoms with Crippen LogP contribution in [0, 0.1) is 0 Å². The Hall–Kier alpha value is -0.520. The molecule has 0 bridgehead atoms. The molecule has 1 unspecified atom stereocenters. The van der Waals surface area contributed by atoms with Crippen molar-refractivity contribution >= 4 is 29.3 Å². The van der Waals surface area contributed by atoms with Gasteiger partial charge in [-0.1, -0.05) is 34.1 Å². The van der Waals surface area contributed by atoms with Gasteiger partial charge in [0.15, 0.2) is 0 Å². The lowest BCUT2D eigenvalue weighted by Gasteiger charge is -2.17. The highest BCUT2D eigenvalue weighted by molar-refractivity contribution is 9.10. The Bertz CT molecular complexity index is 510. The highest BCUT2D eigenvalue weighted by atomic mass is 79.9. The monoisotopic (exact) mass is 378 g/mol. The second-order valence-electron chi connectivity index (χ2n) is 4.38. The van der Waals surface area contributed by atoms with Crippen LogP contribution in [-0.2, 0) is 18.4 Å². The van der Waals surface area contributed by atoms with E-state index in [1.54, 1.807) is 32.0 Å². The normalized spacial score (nSPS) is 13.1. The van der Waals surface area contributed by atoms with Crippen molar-refractivity contribution in [3.63, 3.8) is 0 Å². The molecule has 0 aliphatic rings. The first-order valence-electron chi connectivity index (χ1n) is 6.74. The lowest BCUT2D eigenvalue weighted by atomic mass is 10.1. The summed E-state index contributed by atoms with van der Waals surface area (Å²) in [5, 5.41) is 10.1. The molecule has 0 aliphatic heterocycles. The van der Waals surface area contributed by atoms with Crippen molar-refractivity contribution in [1.29, 1.82) is 0 Å². The summed E-state index contributed by atoms with van der Waals surface area (Å²) in [6.45, 7) is 3.78. The molecule has 5 nitrogen and oxygen atoms in total. The van der Waals surface area contributed by atoms with Gasteiger partial charge in [-0.3, -0.25) is 9.36 Å². The second-order valence-corrected chi connectivity index (χ2v) is 7.29. The van der Waals surface area contributed by atoms with Gasteiger partial charge < -0.3 is 14.2 Å². The number of ketones is 1. The third-order valence-corrected chi connectivity index (χ3v) is 5.47. The Balaban J connectivity index is 2.68. The lowest BCUT2D eigenvalue weighted by molar-refractivity contribution is -0.118. The maximum atomic E-state index is 12.3. The molecular weight excluding hydrogens is 359 g/mol. The highest BCUT2D eigenvalue weighted by Crippen LogP contribution is 2.48. The van der Waals surface area contributed by atoms with Gasteiger partial charge >= 0.3 is 7.60 Å². The first-order chi connectivity index (χ1) is 9.91. The second kappa shape index (κ2) is 8.81. The number of benzene rings is 1. The predicted octanol–water partition coefficient (Wildman–Crippen LogP) is 3.71. The average Bonchev–Trinajstić information content (AvgIpc) is 2.38. The Kier molecular flexibility index (Phi) is 7.77. The Morgan fingerprint density at radius 2 is 1.86 bits per heavy atom. The smallest absolute Gasteiger partial charge is 0.338 e. The van der Waals surface area contributed by atoms with Crippen molar-refractivity contribution in [2.45, 2.75) is 26.4 Å². The number of rotatable bonds is 9. The minimum atomic E-state index is -3.41. The molecule has 118 valence electrons. The van der Waals surface area contributed by atoms with Gasteiger partial charge in [-0.05, 0) is 25.5 Å². The van der Waals surface area contributed by atoms with Crippen molar-refractivity contribution in [3.05, 3.63) is 34.3 Å². The quantitative estimate of drug-likeness (QED) is 0.663. The maximum Gasteiger partial charge on any atom is 0.338 e. The van der Waals surface area contributed by atoms with E-state index in [4.69, 9.17) is 9.05 Å². The van der Waals surface area contributed by atoms with Crippen LogP contribution in [0.1, 0.15) is 31.9 Å². The van der Waals surface area contributed by atoms with Gasteiger partial charge in [0.25, 0.3) is 0 Å². The van der Waals surface area contributed by atoms with E-state index < -0.39 is 13.7 Å². The van der Waals surface area contributed by atoms with Crippen LogP contribution in [0.25, 0.3) is 0 Å². The molecular formula is C14H20BrO5P. The first kappa shape index (κ1) is 18.5. The van der Waals surface area contributed by atoms with Crippen LogP contribution in [0.4, 0.5) is 0 Å². The summed E-state index contributed by atoms with van der Waals surface area (Å²) in [6, 6.07) is 7.11. The van der Waals surface area contributed by atoms with E-state index >= 15 is 0 Å². The van der Waals surface area contributed by atoms with Crippen molar-refractivity contribution in [2.75, 3.05) is 19.4 Å². The molecule has 0 spiro atoms. The molecule has 1 N–H and O–H groups in total. The van der Waals surface area contributed by atoms with Gasteiger partial charge in [0.05, 0.1) is 19.3 Å². The van der Waals surface area contributed by atoms with E-state index in [-0.39, 0.29) is 31.6 Å². The molecule has 1 atom stereocenters. The molecule has 1 aromatic carbocycles. The zero-order chi connectivity index (χ0) is 15.9. The summed E-state index contributed by atoms with van der Waals surface area (Å²) >= 11 is 3.32. The van der Waals surface area contributed by atoms with Gasteiger partial charge in [0.2, 0.25) is 0 Å². The topological polar surface area (TPSA) is 72.8 Å². The molecule has 0 saturated carbocycles.